The number of pyridine rings is 1. The van der Waals surface area contributed by atoms with Crippen molar-refractivity contribution in [2.24, 2.45) is 0 Å². The SMILES string of the molecule is CCCN(CC)CCNc1ccc2ncccc2c1N. The second-order valence-electron chi connectivity index (χ2n) is 4.96. The molecule has 0 amide bonds. The van der Waals surface area contributed by atoms with Crippen molar-refractivity contribution in [3.8, 4) is 0 Å². The van der Waals surface area contributed by atoms with Crippen LogP contribution >= 0.6 is 0 Å². The number of nitrogens with two attached hydrogens (primary N) is 1. The summed E-state index contributed by atoms with van der Waals surface area (Å²) in [6.45, 7) is 8.59. The third-order valence-corrected chi connectivity index (χ3v) is 3.56. The minimum atomic E-state index is 0.786. The zero-order valence-corrected chi connectivity index (χ0v) is 12.4. The van der Waals surface area contributed by atoms with Crippen LogP contribution in [0.5, 0.6) is 0 Å². The normalized spacial score (nSPS) is 11.2. The molecule has 1 aromatic heterocycles. The highest BCUT2D eigenvalue weighted by atomic mass is 15.1. The van der Waals surface area contributed by atoms with E-state index in [1.807, 2.05) is 24.3 Å². The fourth-order valence-electron chi connectivity index (χ4n) is 2.42. The van der Waals surface area contributed by atoms with Gasteiger partial charge >= 0.3 is 0 Å². The third-order valence-electron chi connectivity index (χ3n) is 3.56. The van der Waals surface area contributed by atoms with Crippen LogP contribution in [0, 0.1) is 0 Å². The first-order valence-corrected chi connectivity index (χ1v) is 7.35. The summed E-state index contributed by atoms with van der Waals surface area (Å²) in [6.07, 6.45) is 2.98. The van der Waals surface area contributed by atoms with Crippen LogP contribution in [0.25, 0.3) is 10.9 Å². The van der Waals surface area contributed by atoms with E-state index in [1.54, 1.807) is 6.20 Å². The van der Waals surface area contributed by atoms with Gasteiger partial charge in [-0.05, 0) is 43.8 Å². The maximum atomic E-state index is 6.21. The molecule has 2 rings (SSSR count). The van der Waals surface area contributed by atoms with Crippen molar-refractivity contribution in [1.82, 2.24) is 9.88 Å². The van der Waals surface area contributed by atoms with Gasteiger partial charge in [-0.25, -0.2) is 0 Å². The highest BCUT2D eigenvalue weighted by Gasteiger charge is 2.05. The quantitative estimate of drug-likeness (QED) is 0.761. The van der Waals surface area contributed by atoms with Crippen molar-refractivity contribution >= 4 is 22.3 Å². The average Bonchev–Trinajstić information content (AvgIpc) is 2.49. The van der Waals surface area contributed by atoms with E-state index >= 15 is 0 Å². The summed E-state index contributed by atoms with van der Waals surface area (Å²) in [7, 11) is 0. The molecule has 4 nitrogen and oxygen atoms in total. The molecule has 2 aromatic rings. The van der Waals surface area contributed by atoms with E-state index in [-0.39, 0.29) is 0 Å². The summed E-state index contributed by atoms with van der Waals surface area (Å²) in [5.41, 5.74) is 8.94. The molecular weight excluding hydrogens is 248 g/mol. The molecule has 0 aliphatic heterocycles. The molecule has 0 atom stereocenters. The van der Waals surface area contributed by atoms with Gasteiger partial charge in [0.05, 0.1) is 16.9 Å². The zero-order chi connectivity index (χ0) is 14.4. The van der Waals surface area contributed by atoms with Crippen LogP contribution in [-0.2, 0) is 0 Å². The summed E-state index contributed by atoms with van der Waals surface area (Å²) >= 11 is 0. The Morgan fingerprint density at radius 3 is 2.80 bits per heavy atom. The van der Waals surface area contributed by atoms with Crippen LogP contribution in [-0.4, -0.2) is 36.1 Å². The molecule has 0 spiro atoms. The van der Waals surface area contributed by atoms with Crippen LogP contribution in [0.15, 0.2) is 30.5 Å². The summed E-state index contributed by atoms with van der Waals surface area (Å²) < 4.78 is 0. The van der Waals surface area contributed by atoms with Crippen LogP contribution in [0.4, 0.5) is 11.4 Å². The Balaban J connectivity index is 2.01. The maximum Gasteiger partial charge on any atom is 0.0724 e. The van der Waals surface area contributed by atoms with E-state index in [4.69, 9.17) is 5.73 Å². The summed E-state index contributed by atoms with van der Waals surface area (Å²) in [4.78, 5) is 6.75. The number of nitrogens with one attached hydrogen (secondary N) is 1. The molecule has 3 N–H and O–H groups in total. The molecule has 4 heteroatoms. The fraction of sp³-hybridized carbons (Fsp3) is 0.438. The van der Waals surface area contributed by atoms with Gasteiger partial charge in [-0.1, -0.05) is 13.8 Å². The number of benzene rings is 1. The molecule has 0 saturated carbocycles. The number of fused-ring (bicyclic) bond motifs is 1. The number of nitrogens with zero attached hydrogens (tertiary/aromatic N) is 2. The number of nitrogen functional groups attached to an aromatic ring is 1. The van der Waals surface area contributed by atoms with Crippen molar-refractivity contribution in [1.29, 1.82) is 0 Å². The van der Waals surface area contributed by atoms with Crippen LogP contribution in [0.3, 0.4) is 0 Å². The number of aromatic nitrogens is 1. The van der Waals surface area contributed by atoms with Crippen molar-refractivity contribution in [2.75, 3.05) is 37.2 Å². The molecule has 0 fully saturated rings. The van der Waals surface area contributed by atoms with E-state index in [0.29, 0.717) is 0 Å². The highest BCUT2D eigenvalue weighted by Crippen LogP contribution is 2.27. The minimum Gasteiger partial charge on any atom is -0.397 e. The fourth-order valence-corrected chi connectivity index (χ4v) is 2.42. The Morgan fingerprint density at radius 1 is 1.20 bits per heavy atom. The van der Waals surface area contributed by atoms with Gasteiger partial charge in [-0.3, -0.25) is 4.98 Å². The van der Waals surface area contributed by atoms with Gasteiger partial charge in [-0.2, -0.15) is 0 Å². The van der Waals surface area contributed by atoms with E-state index < -0.39 is 0 Å². The lowest BCUT2D eigenvalue weighted by Gasteiger charge is -2.20. The Kier molecular flexibility index (Phi) is 5.18. The first kappa shape index (κ1) is 14.6. The third kappa shape index (κ3) is 3.39. The monoisotopic (exact) mass is 272 g/mol. The van der Waals surface area contributed by atoms with Gasteiger partial charge in [0, 0.05) is 24.7 Å². The van der Waals surface area contributed by atoms with Gasteiger partial charge in [0.1, 0.15) is 0 Å². The van der Waals surface area contributed by atoms with E-state index in [0.717, 1.165) is 48.5 Å². The highest BCUT2D eigenvalue weighted by molar-refractivity contribution is 5.96. The molecule has 1 heterocycles. The Hall–Kier alpha value is -1.81. The van der Waals surface area contributed by atoms with Gasteiger partial charge < -0.3 is 16.0 Å². The number of hydrogen-bond acceptors (Lipinski definition) is 4. The lowest BCUT2D eigenvalue weighted by Crippen LogP contribution is -2.29. The second kappa shape index (κ2) is 7.10. The summed E-state index contributed by atoms with van der Waals surface area (Å²) in [6, 6.07) is 7.96. The van der Waals surface area contributed by atoms with E-state index in [9.17, 15) is 0 Å². The van der Waals surface area contributed by atoms with Gasteiger partial charge in [-0.15, -0.1) is 0 Å². The molecule has 0 unspecified atom stereocenters. The van der Waals surface area contributed by atoms with Gasteiger partial charge in [0.2, 0.25) is 0 Å². The van der Waals surface area contributed by atoms with Crippen molar-refractivity contribution in [3.05, 3.63) is 30.5 Å². The second-order valence-corrected chi connectivity index (χ2v) is 4.96. The Bertz CT molecular complexity index is 553. The summed E-state index contributed by atoms with van der Waals surface area (Å²) in [5, 5.41) is 4.45. The Labute approximate surface area is 121 Å². The van der Waals surface area contributed by atoms with Crippen LogP contribution in [0.2, 0.25) is 0 Å². The molecule has 0 radical (unpaired) electrons. The van der Waals surface area contributed by atoms with E-state index in [2.05, 4.69) is 29.0 Å². The largest absolute Gasteiger partial charge is 0.397 e. The first-order valence-electron chi connectivity index (χ1n) is 7.35. The molecule has 0 aliphatic carbocycles. The van der Waals surface area contributed by atoms with Crippen LogP contribution in [0.1, 0.15) is 20.3 Å². The predicted molar refractivity (Wildman–Crippen MR) is 87.1 cm³/mol. The molecule has 1 aromatic carbocycles. The molecule has 20 heavy (non-hydrogen) atoms. The Morgan fingerprint density at radius 2 is 2.05 bits per heavy atom. The van der Waals surface area contributed by atoms with Crippen molar-refractivity contribution in [2.45, 2.75) is 20.3 Å². The topological polar surface area (TPSA) is 54.2 Å². The minimum absolute atomic E-state index is 0.786. The molecule has 0 saturated heterocycles. The average molecular weight is 272 g/mol. The van der Waals surface area contributed by atoms with Crippen molar-refractivity contribution in [3.63, 3.8) is 0 Å². The number of anilines is 2. The predicted octanol–water partition coefficient (Wildman–Crippen LogP) is 2.96. The summed E-state index contributed by atoms with van der Waals surface area (Å²) in [5.74, 6) is 0. The molecule has 0 bridgehead atoms. The van der Waals surface area contributed by atoms with Gasteiger partial charge in [0.25, 0.3) is 0 Å². The lowest BCUT2D eigenvalue weighted by molar-refractivity contribution is 0.300. The standard InChI is InChI=1S/C16H24N4/c1-3-11-20(4-2)12-10-19-15-8-7-14-13(16(15)17)6-5-9-18-14/h5-9,19H,3-4,10-12,17H2,1-2H3. The van der Waals surface area contributed by atoms with Crippen molar-refractivity contribution < 1.29 is 0 Å². The van der Waals surface area contributed by atoms with Crippen LogP contribution < -0.4 is 11.1 Å². The maximum absolute atomic E-state index is 6.21. The molecule has 0 aliphatic rings. The molecular formula is C16H24N4. The number of rotatable bonds is 7. The zero-order valence-electron chi connectivity index (χ0n) is 12.4. The molecule has 108 valence electrons. The lowest BCUT2D eigenvalue weighted by atomic mass is 10.1. The smallest absolute Gasteiger partial charge is 0.0724 e. The number of likely N-dealkylation sites (N-methyl/N-ethyl adjacent to an activating group) is 1. The van der Waals surface area contributed by atoms with Gasteiger partial charge in [0.15, 0.2) is 0 Å². The number of hydrogen-bond donors (Lipinski definition) is 2. The van der Waals surface area contributed by atoms with E-state index in [1.165, 1.54) is 6.42 Å². The first-order chi connectivity index (χ1) is 9.76.